The molecule has 14 heteroatoms. The van der Waals surface area contributed by atoms with Gasteiger partial charge in [0.15, 0.2) is 0 Å². The maximum Gasteiger partial charge on any atom is 0.326 e. The zero-order valence-corrected chi connectivity index (χ0v) is 22.4. The number of rotatable bonds is 16. The summed E-state index contributed by atoms with van der Waals surface area (Å²) in [7, 11) is 0. The van der Waals surface area contributed by atoms with Crippen LogP contribution in [0.5, 0.6) is 5.75 Å². The predicted molar refractivity (Wildman–Crippen MR) is 143 cm³/mol. The van der Waals surface area contributed by atoms with Crippen LogP contribution in [-0.4, -0.2) is 73.9 Å². The minimum atomic E-state index is -1.35. The normalized spacial score (nSPS) is 14.7. The van der Waals surface area contributed by atoms with Crippen molar-refractivity contribution in [3.05, 3.63) is 48.0 Å². The van der Waals surface area contributed by atoms with Crippen molar-refractivity contribution < 1.29 is 34.2 Å². The predicted octanol–water partition coefficient (Wildman–Crippen LogP) is -0.922. The Morgan fingerprint density at radius 3 is 2.10 bits per heavy atom. The number of aromatic amines is 1. The van der Waals surface area contributed by atoms with Gasteiger partial charge in [0, 0.05) is 31.2 Å². The monoisotopic (exact) mass is 559 g/mol. The number of imidazole rings is 1. The molecule has 1 heterocycles. The average Bonchev–Trinajstić information content (AvgIpc) is 3.43. The smallest absolute Gasteiger partial charge is 0.326 e. The maximum atomic E-state index is 13.3. The molecule has 2 aromatic rings. The molecule has 2 rings (SSSR count). The van der Waals surface area contributed by atoms with Gasteiger partial charge in [0.2, 0.25) is 23.6 Å². The summed E-state index contributed by atoms with van der Waals surface area (Å²) in [5.41, 5.74) is 12.3. The highest BCUT2D eigenvalue weighted by Gasteiger charge is 2.31. The van der Waals surface area contributed by atoms with Gasteiger partial charge in [0.05, 0.1) is 12.4 Å². The van der Waals surface area contributed by atoms with E-state index in [4.69, 9.17) is 11.5 Å². The van der Waals surface area contributed by atoms with E-state index in [-0.39, 0.29) is 37.4 Å². The Kier molecular flexibility index (Phi) is 12.1. The van der Waals surface area contributed by atoms with Gasteiger partial charge in [-0.15, -0.1) is 0 Å². The summed E-state index contributed by atoms with van der Waals surface area (Å²) in [5.74, 6) is -4.36. The van der Waals surface area contributed by atoms with Gasteiger partial charge in [0.1, 0.15) is 23.9 Å². The Morgan fingerprint density at radius 1 is 0.950 bits per heavy atom. The van der Waals surface area contributed by atoms with Crippen LogP contribution in [0.25, 0.3) is 0 Å². The molecule has 0 bridgehead atoms. The first kappa shape index (κ1) is 31.8. The number of nitrogens with two attached hydrogens (primary N) is 2. The average molecular weight is 560 g/mol. The Balaban J connectivity index is 2.23. The standard InChI is InChI=1S/C26H37N7O7/c1-3-14(2)22(28)25(38)31-18(8-9-21(27)35)23(36)32-19(11-16-12-29-13-30-16)24(37)33-20(26(39)40)10-15-4-6-17(34)7-5-15/h4-7,12-14,18-20,22,34H,3,8-11,28H2,1-2H3,(H2,27,35)(H,29,30)(H,31,38)(H,32,36)(H,33,37)(H,39,40). The molecule has 0 fully saturated rings. The maximum absolute atomic E-state index is 13.3. The van der Waals surface area contributed by atoms with Crippen LogP contribution in [0, 0.1) is 5.92 Å². The molecule has 5 unspecified atom stereocenters. The summed E-state index contributed by atoms with van der Waals surface area (Å²) >= 11 is 0. The van der Waals surface area contributed by atoms with E-state index >= 15 is 0 Å². The lowest BCUT2D eigenvalue weighted by atomic mass is 9.98. The highest BCUT2D eigenvalue weighted by atomic mass is 16.4. The molecule has 0 radical (unpaired) electrons. The number of aromatic nitrogens is 2. The Labute approximate surface area is 231 Å². The fraction of sp³-hybridized carbons (Fsp3) is 0.462. The fourth-order valence-corrected chi connectivity index (χ4v) is 3.77. The number of primary amides is 1. The number of aliphatic carboxylic acids is 1. The van der Waals surface area contributed by atoms with E-state index in [9.17, 15) is 34.2 Å². The number of aromatic hydroxyl groups is 1. The van der Waals surface area contributed by atoms with Crippen LogP contribution in [0.15, 0.2) is 36.8 Å². The number of carbonyl (C=O) groups is 5. The van der Waals surface area contributed by atoms with E-state index in [2.05, 4.69) is 25.9 Å². The number of H-pyrrole nitrogens is 1. The van der Waals surface area contributed by atoms with Gasteiger partial charge in [0.25, 0.3) is 0 Å². The molecule has 0 spiro atoms. The van der Waals surface area contributed by atoms with Crippen LogP contribution in [0.1, 0.15) is 44.4 Å². The van der Waals surface area contributed by atoms with Crippen molar-refractivity contribution in [1.82, 2.24) is 25.9 Å². The Morgan fingerprint density at radius 2 is 1.55 bits per heavy atom. The molecule has 40 heavy (non-hydrogen) atoms. The van der Waals surface area contributed by atoms with Crippen LogP contribution in [0.2, 0.25) is 0 Å². The molecular weight excluding hydrogens is 522 g/mol. The quantitative estimate of drug-likeness (QED) is 0.127. The van der Waals surface area contributed by atoms with Crippen LogP contribution in [0.3, 0.4) is 0 Å². The van der Waals surface area contributed by atoms with E-state index in [1.807, 2.05) is 6.92 Å². The molecule has 0 aliphatic heterocycles. The van der Waals surface area contributed by atoms with Gasteiger partial charge in [-0.1, -0.05) is 32.4 Å². The van der Waals surface area contributed by atoms with Crippen LogP contribution < -0.4 is 27.4 Å². The third-order valence-electron chi connectivity index (χ3n) is 6.47. The van der Waals surface area contributed by atoms with Crippen molar-refractivity contribution >= 4 is 29.6 Å². The van der Waals surface area contributed by atoms with E-state index in [1.165, 1.54) is 36.8 Å². The number of carboxylic acid groups (broad SMARTS) is 1. The van der Waals surface area contributed by atoms with Crippen molar-refractivity contribution in [2.45, 2.75) is 70.1 Å². The number of phenolic OH excluding ortho intramolecular Hbond substituents is 1. The van der Waals surface area contributed by atoms with Gasteiger partial charge in [-0.25, -0.2) is 9.78 Å². The van der Waals surface area contributed by atoms with Crippen molar-refractivity contribution in [3.63, 3.8) is 0 Å². The lowest BCUT2D eigenvalue weighted by Crippen LogP contribution is -2.58. The molecular formula is C26H37N7O7. The SMILES string of the molecule is CCC(C)C(N)C(=O)NC(CCC(N)=O)C(=O)NC(Cc1cnc[nH]1)C(=O)NC(Cc1ccc(O)cc1)C(=O)O. The highest BCUT2D eigenvalue weighted by Crippen LogP contribution is 2.12. The molecule has 4 amide bonds. The number of nitrogens with one attached hydrogen (secondary N) is 4. The molecule has 5 atom stereocenters. The summed E-state index contributed by atoms with van der Waals surface area (Å²) in [5, 5.41) is 26.7. The Hall–Kier alpha value is -4.46. The number of benzene rings is 1. The van der Waals surface area contributed by atoms with Gasteiger partial charge < -0.3 is 42.6 Å². The minimum Gasteiger partial charge on any atom is -0.508 e. The lowest BCUT2D eigenvalue weighted by molar-refractivity contribution is -0.142. The summed E-state index contributed by atoms with van der Waals surface area (Å²) in [6.45, 7) is 3.64. The summed E-state index contributed by atoms with van der Waals surface area (Å²) in [6, 6.07) is 1.07. The van der Waals surface area contributed by atoms with Gasteiger partial charge in [-0.2, -0.15) is 0 Å². The number of hydrogen-bond acceptors (Lipinski definition) is 8. The van der Waals surface area contributed by atoms with Crippen LogP contribution in [0.4, 0.5) is 0 Å². The van der Waals surface area contributed by atoms with E-state index in [0.717, 1.165) is 0 Å². The van der Waals surface area contributed by atoms with Gasteiger partial charge >= 0.3 is 5.97 Å². The number of carbonyl (C=O) groups excluding carboxylic acids is 4. The largest absolute Gasteiger partial charge is 0.508 e. The number of hydrogen-bond donors (Lipinski definition) is 8. The topological polar surface area (TPSA) is 243 Å². The number of carboxylic acids is 1. The summed E-state index contributed by atoms with van der Waals surface area (Å²) in [4.78, 5) is 69.3. The number of amides is 4. The molecule has 1 aromatic heterocycles. The fourth-order valence-electron chi connectivity index (χ4n) is 3.77. The third-order valence-corrected chi connectivity index (χ3v) is 6.47. The van der Waals surface area contributed by atoms with E-state index in [0.29, 0.717) is 17.7 Å². The van der Waals surface area contributed by atoms with E-state index < -0.39 is 53.8 Å². The number of phenols is 1. The number of nitrogens with zero attached hydrogens (tertiary/aromatic N) is 1. The molecule has 10 N–H and O–H groups in total. The Bertz CT molecular complexity index is 1150. The highest BCUT2D eigenvalue weighted by molar-refractivity contribution is 5.94. The van der Waals surface area contributed by atoms with Crippen LogP contribution in [-0.2, 0) is 36.8 Å². The third kappa shape index (κ3) is 10.0. The second-order valence-electron chi connectivity index (χ2n) is 9.59. The van der Waals surface area contributed by atoms with Crippen molar-refractivity contribution in [3.8, 4) is 5.75 Å². The molecule has 0 aliphatic carbocycles. The first-order chi connectivity index (χ1) is 18.9. The minimum absolute atomic E-state index is 0.00471. The molecule has 218 valence electrons. The van der Waals surface area contributed by atoms with Crippen molar-refractivity contribution in [2.24, 2.45) is 17.4 Å². The zero-order chi connectivity index (χ0) is 29.8. The van der Waals surface area contributed by atoms with Crippen molar-refractivity contribution in [2.75, 3.05) is 0 Å². The zero-order valence-electron chi connectivity index (χ0n) is 22.4. The van der Waals surface area contributed by atoms with Gasteiger partial charge in [-0.05, 0) is 30.0 Å². The molecule has 0 saturated heterocycles. The van der Waals surface area contributed by atoms with Crippen LogP contribution >= 0.6 is 0 Å². The molecule has 0 saturated carbocycles. The molecule has 0 aliphatic rings. The van der Waals surface area contributed by atoms with Crippen molar-refractivity contribution in [1.29, 1.82) is 0 Å². The lowest BCUT2D eigenvalue weighted by Gasteiger charge is -2.26. The summed E-state index contributed by atoms with van der Waals surface area (Å²) in [6.07, 6.45) is 2.91. The second kappa shape index (κ2) is 15.2. The summed E-state index contributed by atoms with van der Waals surface area (Å²) < 4.78 is 0. The second-order valence-corrected chi connectivity index (χ2v) is 9.59. The molecule has 14 nitrogen and oxygen atoms in total. The van der Waals surface area contributed by atoms with E-state index in [1.54, 1.807) is 6.92 Å². The first-order valence-electron chi connectivity index (χ1n) is 12.8. The first-order valence-corrected chi connectivity index (χ1v) is 12.8. The van der Waals surface area contributed by atoms with Gasteiger partial charge in [-0.3, -0.25) is 19.2 Å². The molecule has 1 aromatic carbocycles.